The Labute approximate surface area is 155 Å². The lowest BCUT2D eigenvalue weighted by Gasteiger charge is -2.44. The number of nitrogens with one attached hydrogen (secondary N) is 1. The monoisotopic (exact) mass is 362 g/mol. The summed E-state index contributed by atoms with van der Waals surface area (Å²) in [4.78, 5) is 26.3. The van der Waals surface area contributed by atoms with Crippen molar-refractivity contribution in [2.75, 3.05) is 13.1 Å². The minimum Gasteiger partial charge on any atom is -0.445 e. The van der Waals surface area contributed by atoms with Gasteiger partial charge in [0.15, 0.2) is 0 Å². The first-order valence-corrected chi connectivity index (χ1v) is 9.06. The van der Waals surface area contributed by atoms with Crippen LogP contribution < -0.4 is 5.32 Å². The van der Waals surface area contributed by atoms with Gasteiger partial charge in [0.25, 0.3) is 0 Å². The molecule has 26 heavy (non-hydrogen) atoms. The lowest BCUT2D eigenvalue weighted by atomic mass is 9.81. The quantitative estimate of drug-likeness (QED) is 0.884. The van der Waals surface area contributed by atoms with Gasteiger partial charge in [0, 0.05) is 13.1 Å². The molecular weight excluding hydrogens is 332 g/mol. The van der Waals surface area contributed by atoms with Gasteiger partial charge in [-0.3, -0.25) is 0 Å². The van der Waals surface area contributed by atoms with Gasteiger partial charge in [-0.1, -0.05) is 37.3 Å². The first-order chi connectivity index (χ1) is 12.1. The third-order valence-electron chi connectivity index (χ3n) is 4.69. The number of amides is 2. The summed E-state index contributed by atoms with van der Waals surface area (Å²) in [5.74, 6) is 0.216. The molecule has 0 spiro atoms. The molecule has 1 aliphatic heterocycles. The van der Waals surface area contributed by atoms with Crippen molar-refractivity contribution < 1.29 is 19.1 Å². The Balaban J connectivity index is 1.95. The maximum Gasteiger partial charge on any atom is 0.410 e. The van der Waals surface area contributed by atoms with Crippen molar-refractivity contribution in [1.82, 2.24) is 10.2 Å². The smallest absolute Gasteiger partial charge is 0.410 e. The molecule has 1 N–H and O–H groups in total. The summed E-state index contributed by atoms with van der Waals surface area (Å²) < 4.78 is 10.8. The zero-order valence-electron chi connectivity index (χ0n) is 16.4. The zero-order valence-corrected chi connectivity index (χ0v) is 16.4. The van der Waals surface area contributed by atoms with E-state index in [2.05, 4.69) is 12.2 Å². The van der Waals surface area contributed by atoms with E-state index in [4.69, 9.17) is 9.47 Å². The molecule has 0 bridgehead atoms. The Morgan fingerprint density at radius 2 is 1.92 bits per heavy atom. The second-order valence-electron chi connectivity index (χ2n) is 8.20. The van der Waals surface area contributed by atoms with E-state index >= 15 is 0 Å². The summed E-state index contributed by atoms with van der Waals surface area (Å²) in [6.45, 7) is 10.7. The van der Waals surface area contributed by atoms with Crippen LogP contribution in [-0.2, 0) is 16.1 Å². The van der Waals surface area contributed by atoms with Crippen LogP contribution >= 0.6 is 0 Å². The van der Waals surface area contributed by atoms with Crippen LogP contribution in [0.15, 0.2) is 30.3 Å². The van der Waals surface area contributed by atoms with Gasteiger partial charge in [0.1, 0.15) is 12.2 Å². The summed E-state index contributed by atoms with van der Waals surface area (Å²) in [6, 6.07) is 9.58. The maximum atomic E-state index is 12.4. The molecule has 0 aromatic heterocycles. The van der Waals surface area contributed by atoms with E-state index in [1.807, 2.05) is 58.0 Å². The summed E-state index contributed by atoms with van der Waals surface area (Å²) in [5.41, 5.74) is -0.181. The molecule has 1 aliphatic rings. The Hall–Kier alpha value is -2.24. The minimum atomic E-state index is -0.563. The molecule has 2 unspecified atom stereocenters. The van der Waals surface area contributed by atoms with Gasteiger partial charge in [-0.25, -0.2) is 9.59 Å². The second kappa shape index (κ2) is 7.98. The van der Waals surface area contributed by atoms with Crippen LogP contribution in [0.4, 0.5) is 9.59 Å². The number of carbonyl (C=O) groups excluding carboxylic acids is 2. The fourth-order valence-corrected chi connectivity index (χ4v) is 2.97. The molecule has 1 aromatic carbocycles. The van der Waals surface area contributed by atoms with E-state index in [9.17, 15) is 9.59 Å². The zero-order chi connectivity index (χ0) is 19.4. The van der Waals surface area contributed by atoms with Crippen LogP contribution in [0, 0.1) is 5.92 Å². The lowest BCUT2D eigenvalue weighted by molar-refractivity contribution is 0.0239. The van der Waals surface area contributed by atoms with Crippen molar-refractivity contribution in [2.45, 2.75) is 58.8 Å². The Morgan fingerprint density at radius 1 is 1.27 bits per heavy atom. The van der Waals surface area contributed by atoms with E-state index in [0.29, 0.717) is 13.1 Å². The topological polar surface area (TPSA) is 67.9 Å². The highest BCUT2D eigenvalue weighted by molar-refractivity contribution is 5.70. The molecule has 1 saturated heterocycles. The first-order valence-electron chi connectivity index (χ1n) is 9.06. The van der Waals surface area contributed by atoms with E-state index in [-0.39, 0.29) is 18.6 Å². The third-order valence-corrected chi connectivity index (χ3v) is 4.69. The number of hydrogen-bond donors (Lipinski definition) is 1. The standard InChI is InChI=1S/C20H30N2O4/c1-15-11-12-22(18(24)25-13-16-9-7-6-8-10-16)14-20(15,5)21-17(23)26-19(2,3)4/h6-10,15H,11-14H2,1-5H3,(H,21,23). The highest BCUT2D eigenvalue weighted by Gasteiger charge is 2.41. The maximum absolute atomic E-state index is 12.4. The molecule has 0 aliphatic carbocycles. The number of ether oxygens (including phenoxy) is 2. The molecule has 0 saturated carbocycles. The van der Waals surface area contributed by atoms with Gasteiger partial charge in [0.05, 0.1) is 5.54 Å². The van der Waals surface area contributed by atoms with E-state index < -0.39 is 17.2 Å². The van der Waals surface area contributed by atoms with Crippen LogP contribution in [0.1, 0.15) is 46.6 Å². The van der Waals surface area contributed by atoms with Crippen molar-refractivity contribution >= 4 is 12.2 Å². The van der Waals surface area contributed by atoms with Gasteiger partial charge in [-0.15, -0.1) is 0 Å². The predicted molar refractivity (Wildman–Crippen MR) is 99.8 cm³/mol. The average Bonchev–Trinajstić information content (AvgIpc) is 2.54. The van der Waals surface area contributed by atoms with Crippen molar-refractivity contribution in [3.63, 3.8) is 0 Å². The fourth-order valence-electron chi connectivity index (χ4n) is 2.97. The highest BCUT2D eigenvalue weighted by Crippen LogP contribution is 2.28. The number of nitrogens with zero attached hydrogens (tertiary/aromatic N) is 1. The molecule has 1 heterocycles. The molecule has 2 rings (SSSR count). The number of carbonyl (C=O) groups is 2. The number of likely N-dealkylation sites (tertiary alicyclic amines) is 1. The Morgan fingerprint density at radius 3 is 2.54 bits per heavy atom. The number of hydrogen-bond acceptors (Lipinski definition) is 4. The third kappa shape index (κ3) is 5.64. The van der Waals surface area contributed by atoms with Crippen LogP contribution in [0.25, 0.3) is 0 Å². The van der Waals surface area contributed by atoms with Crippen LogP contribution in [0.3, 0.4) is 0 Å². The van der Waals surface area contributed by atoms with Crippen molar-refractivity contribution in [3.05, 3.63) is 35.9 Å². The van der Waals surface area contributed by atoms with E-state index in [1.165, 1.54) is 0 Å². The average molecular weight is 362 g/mol. The molecule has 1 aromatic rings. The van der Waals surface area contributed by atoms with E-state index in [0.717, 1.165) is 12.0 Å². The van der Waals surface area contributed by atoms with E-state index in [1.54, 1.807) is 4.90 Å². The summed E-state index contributed by atoms with van der Waals surface area (Å²) in [7, 11) is 0. The predicted octanol–water partition coefficient (Wildman–Crippen LogP) is 3.95. The fraction of sp³-hybridized carbons (Fsp3) is 0.600. The van der Waals surface area contributed by atoms with Crippen LogP contribution in [-0.4, -0.2) is 41.3 Å². The summed E-state index contributed by atoms with van der Waals surface area (Å²) in [6.07, 6.45) is -0.0449. The number of alkyl carbamates (subject to hydrolysis) is 1. The summed E-state index contributed by atoms with van der Waals surface area (Å²) >= 11 is 0. The minimum absolute atomic E-state index is 0.216. The number of rotatable bonds is 3. The normalized spacial score (nSPS) is 23.3. The summed E-state index contributed by atoms with van der Waals surface area (Å²) in [5, 5.41) is 2.95. The molecular formula is C20H30N2O4. The Kier molecular flexibility index (Phi) is 6.16. The number of benzene rings is 1. The van der Waals surface area contributed by atoms with Crippen molar-refractivity contribution in [1.29, 1.82) is 0 Å². The van der Waals surface area contributed by atoms with Crippen LogP contribution in [0.5, 0.6) is 0 Å². The van der Waals surface area contributed by atoms with Crippen LogP contribution in [0.2, 0.25) is 0 Å². The first kappa shape index (κ1) is 20.1. The Bertz CT molecular complexity index is 626. The lowest BCUT2D eigenvalue weighted by Crippen LogP contribution is -2.62. The van der Waals surface area contributed by atoms with Gasteiger partial charge in [-0.05, 0) is 45.6 Å². The molecule has 6 heteroatoms. The van der Waals surface area contributed by atoms with Crippen molar-refractivity contribution in [3.8, 4) is 0 Å². The number of piperidine rings is 1. The largest absolute Gasteiger partial charge is 0.445 e. The van der Waals surface area contributed by atoms with Gasteiger partial charge < -0.3 is 19.7 Å². The molecule has 2 amide bonds. The van der Waals surface area contributed by atoms with Gasteiger partial charge in [-0.2, -0.15) is 0 Å². The molecule has 0 radical (unpaired) electrons. The highest BCUT2D eigenvalue weighted by atomic mass is 16.6. The molecule has 6 nitrogen and oxygen atoms in total. The molecule has 144 valence electrons. The van der Waals surface area contributed by atoms with Gasteiger partial charge in [0.2, 0.25) is 0 Å². The SMILES string of the molecule is CC1CCN(C(=O)OCc2ccccc2)CC1(C)NC(=O)OC(C)(C)C. The van der Waals surface area contributed by atoms with Gasteiger partial charge >= 0.3 is 12.2 Å². The second-order valence-corrected chi connectivity index (χ2v) is 8.20. The molecule has 2 atom stereocenters. The molecule has 1 fully saturated rings. The van der Waals surface area contributed by atoms with Crippen molar-refractivity contribution in [2.24, 2.45) is 5.92 Å².